The van der Waals surface area contributed by atoms with E-state index in [9.17, 15) is 0 Å². The molecule has 1 aromatic rings. The summed E-state index contributed by atoms with van der Waals surface area (Å²) < 4.78 is 0. The molecule has 102 valence electrons. The van der Waals surface area contributed by atoms with Crippen LogP contribution in [0.2, 0.25) is 5.02 Å². The SMILES string of the molecule is CCC(CSC)N(C)Cc1nc(NC)ccc1Cl. The van der Waals surface area contributed by atoms with Crippen LogP contribution in [0, 0.1) is 0 Å². The van der Waals surface area contributed by atoms with Gasteiger partial charge in [0.2, 0.25) is 0 Å². The molecule has 0 saturated carbocycles. The quantitative estimate of drug-likeness (QED) is 0.832. The molecule has 0 bridgehead atoms. The van der Waals surface area contributed by atoms with Gasteiger partial charge in [0.25, 0.3) is 0 Å². The summed E-state index contributed by atoms with van der Waals surface area (Å²) in [6.45, 7) is 3.00. The lowest BCUT2D eigenvalue weighted by Gasteiger charge is -2.26. The molecular weight excluding hydrogens is 266 g/mol. The molecule has 0 fully saturated rings. The Kier molecular flexibility index (Phi) is 6.82. The number of nitrogens with zero attached hydrogens (tertiary/aromatic N) is 2. The molecule has 0 aliphatic heterocycles. The zero-order chi connectivity index (χ0) is 13.5. The van der Waals surface area contributed by atoms with Crippen LogP contribution in [0.3, 0.4) is 0 Å². The van der Waals surface area contributed by atoms with Gasteiger partial charge < -0.3 is 5.32 Å². The van der Waals surface area contributed by atoms with Crippen molar-refractivity contribution in [3.05, 3.63) is 22.8 Å². The van der Waals surface area contributed by atoms with Crippen LogP contribution in [0.5, 0.6) is 0 Å². The Morgan fingerprint density at radius 3 is 2.78 bits per heavy atom. The van der Waals surface area contributed by atoms with Crippen molar-refractivity contribution in [3.63, 3.8) is 0 Å². The third kappa shape index (κ3) is 4.34. The van der Waals surface area contributed by atoms with Gasteiger partial charge >= 0.3 is 0 Å². The minimum Gasteiger partial charge on any atom is -0.373 e. The van der Waals surface area contributed by atoms with Crippen molar-refractivity contribution in [2.75, 3.05) is 31.4 Å². The number of pyridine rings is 1. The number of rotatable bonds is 7. The third-order valence-corrected chi connectivity index (χ3v) is 4.09. The van der Waals surface area contributed by atoms with E-state index in [2.05, 4.69) is 35.4 Å². The zero-order valence-electron chi connectivity index (χ0n) is 11.5. The van der Waals surface area contributed by atoms with E-state index in [4.69, 9.17) is 11.6 Å². The molecular formula is C13H22ClN3S. The second kappa shape index (κ2) is 7.87. The maximum Gasteiger partial charge on any atom is 0.126 e. The summed E-state index contributed by atoms with van der Waals surface area (Å²) in [5.41, 5.74) is 0.936. The van der Waals surface area contributed by atoms with Crippen molar-refractivity contribution in [3.8, 4) is 0 Å². The summed E-state index contributed by atoms with van der Waals surface area (Å²) >= 11 is 8.08. The number of halogens is 1. The molecule has 3 nitrogen and oxygen atoms in total. The van der Waals surface area contributed by atoms with Gasteiger partial charge in [0.1, 0.15) is 5.82 Å². The van der Waals surface area contributed by atoms with Gasteiger partial charge in [-0.05, 0) is 31.9 Å². The fourth-order valence-electron chi connectivity index (χ4n) is 1.85. The number of thioether (sulfide) groups is 1. The first-order valence-corrected chi connectivity index (χ1v) is 7.91. The molecule has 1 unspecified atom stereocenters. The number of anilines is 1. The van der Waals surface area contributed by atoms with E-state index in [0.717, 1.165) is 35.3 Å². The van der Waals surface area contributed by atoms with E-state index in [1.54, 1.807) is 0 Å². The van der Waals surface area contributed by atoms with E-state index < -0.39 is 0 Å². The van der Waals surface area contributed by atoms with Crippen molar-refractivity contribution < 1.29 is 0 Å². The highest BCUT2D eigenvalue weighted by Crippen LogP contribution is 2.19. The number of hydrogen-bond donors (Lipinski definition) is 1. The molecule has 0 spiro atoms. The smallest absolute Gasteiger partial charge is 0.126 e. The number of hydrogen-bond acceptors (Lipinski definition) is 4. The average Bonchev–Trinajstić information content (AvgIpc) is 2.38. The van der Waals surface area contributed by atoms with E-state index in [0.29, 0.717) is 6.04 Å². The van der Waals surface area contributed by atoms with E-state index in [-0.39, 0.29) is 0 Å². The van der Waals surface area contributed by atoms with Gasteiger partial charge in [-0.3, -0.25) is 4.90 Å². The van der Waals surface area contributed by atoms with Gasteiger partial charge in [-0.1, -0.05) is 18.5 Å². The molecule has 0 aliphatic rings. The second-order valence-corrected chi connectivity index (χ2v) is 5.63. The van der Waals surface area contributed by atoms with Crippen molar-refractivity contribution in [1.29, 1.82) is 0 Å². The van der Waals surface area contributed by atoms with Gasteiger partial charge in [-0.2, -0.15) is 11.8 Å². The third-order valence-electron chi connectivity index (χ3n) is 3.03. The molecule has 0 saturated heterocycles. The van der Waals surface area contributed by atoms with Crippen molar-refractivity contribution in [1.82, 2.24) is 9.88 Å². The predicted molar refractivity (Wildman–Crippen MR) is 82.7 cm³/mol. The molecule has 0 amide bonds. The Labute approximate surface area is 119 Å². The first-order valence-electron chi connectivity index (χ1n) is 6.14. The standard InChI is InChI=1S/C13H22ClN3S/c1-5-10(9-18-4)17(3)8-12-11(14)6-7-13(15-2)16-12/h6-7,10H,5,8-9H2,1-4H3,(H,15,16). The van der Waals surface area contributed by atoms with E-state index in [1.807, 2.05) is 30.9 Å². The molecule has 0 aromatic carbocycles. The van der Waals surface area contributed by atoms with E-state index >= 15 is 0 Å². The van der Waals surface area contributed by atoms with Gasteiger partial charge in [0.15, 0.2) is 0 Å². The van der Waals surface area contributed by atoms with E-state index in [1.165, 1.54) is 0 Å². The molecule has 1 atom stereocenters. The van der Waals surface area contributed by atoms with Crippen LogP contribution in [-0.4, -0.2) is 42.0 Å². The van der Waals surface area contributed by atoms with Crippen molar-refractivity contribution >= 4 is 29.2 Å². The van der Waals surface area contributed by atoms with Crippen molar-refractivity contribution in [2.45, 2.75) is 25.9 Å². The van der Waals surface area contributed by atoms with Crippen LogP contribution in [0.15, 0.2) is 12.1 Å². The fraction of sp³-hybridized carbons (Fsp3) is 0.615. The monoisotopic (exact) mass is 287 g/mol. The molecule has 0 radical (unpaired) electrons. The lowest BCUT2D eigenvalue weighted by Crippen LogP contribution is -2.33. The molecule has 1 N–H and O–H groups in total. The van der Waals surface area contributed by atoms with Crippen LogP contribution in [0.25, 0.3) is 0 Å². The maximum absolute atomic E-state index is 6.20. The van der Waals surface area contributed by atoms with Crippen molar-refractivity contribution in [2.24, 2.45) is 0 Å². The molecule has 1 heterocycles. The average molecular weight is 288 g/mol. The Morgan fingerprint density at radius 2 is 2.22 bits per heavy atom. The Hall–Kier alpha value is -0.450. The summed E-state index contributed by atoms with van der Waals surface area (Å²) in [5, 5.41) is 3.78. The second-order valence-electron chi connectivity index (χ2n) is 4.31. The summed E-state index contributed by atoms with van der Waals surface area (Å²) in [6, 6.07) is 4.36. The highest BCUT2D eigenvalue weighted by molar-refractivity contribution is 7.98. The van der Waals surface area contributed by atoms with Gasteiger partial charge in [-0.25, -0.2) is 4.98 Å². The lowest BCUT2D eigenvalue weighted by atomic mass is 10.2. The molecule has 1 aromatic heterocycles. The summed E-state index contributed by atoms with van der Waals surface area (Å²) in [6.07, 6.45) is 3.28. The highest BCUT2D eigenvalue weighted by Gasteiger charge is 2.14. The zero-order valence-corrected chi connectivity index (χ0v) is 13.1. The Morgan fingerprint density at radius 1 is 1.50 bits per heavy atom. The van der Waals surface area contributed by atoms with Crippen LogP contribution < -0.4 is 5.32 Å². The first kappa shape index (κ1) is 15.6. The normalized spacial score (nSPS) is 12.8. The minimum atomic E-state index is 0.566. The largest absolute Gasteiger partial charge is 0.373 e. The summed E-state index contributed by atoms with van der Waals surface area (Å²) in [5.74, 6) is 2.00. The van der Waals surface area contributed by atoms with Gasteiger partial charge in [0, 0.05) is 25.4 Å². The van der Waals surface area contributed by atoms with Gasteiger partial charge in [-0.15, -0.1) is 0 Å². The predicted octanol–water partition coefficient (Wildman–Crippen LogP) is 3.35. The summed E-state index contributed by atoms with van der Waals surface area (Å²) in [7, 11) is 4.00. The highest BCUT2D eigenvalue weighted by atomic mass is 35.5. The maximum atomic E-state index is 6.20. The lowest BCUT2D eigenvalue weighted by molar-refractivity contribution is 0.245. The van der Waals surface area contributed by atoms with Crippen LogP contribution in [-0.2, 0) is 6.54 Å². The Bertz CT molecular complexity index is 373. The topological polar surface area (TPSA) is 28.2 Å². The number of aromatic nitrogens is 1. The van der Waals surface area contributed by atoms with Crippen LogP contribution >= 0.6 is 23.4 Å². The molecule has 5 heteroatoms. The van der Waals surface area contributed by atoms with Gasteiger partial charge in [0.05, 0.1) is 10.7 Å². The molecule has 0 aliphatic carbocycles. The summed E-state index contributed by atoms with van der Waals surface area (Å²) in [4.78, 5) is 6.84. The molecule has 1 rings (SSSR count). The first-order chi connectivity index (χ1) is 8.62. The Balaban J connectivity index is 2.76. The minimum absolute atomic E-state index is 0.566. The van der Waals surface area contributed by atoms with Crippen LogP contribution in [0.4, 0.5) is 5.82 Å². The van der Waals surface area contributed by atoms with Crippen LogP contribution in [0.1, 0.15) is 19.0 Å². The number of nitrogens with one attached hydrogen (secondary N) is 1. The molecule has 18 heavy (non-hydrogen) atoms. The fourth-order valence-corrected chi connectivity index (χ4v) is 2.89.